The van der Waals surface area contributed by atoms with Crippen molar-refractivity contribution < 1.29 is 0 Å². The van der Waals surface area contributed by atoms with E-state index >= 15 is 0 Å². The maximum absolute atomic E-state index is 10.3. The van der Waals surface area contributed by atoms with Crippen LogP contribution >= 0.6 is 0 Å². The molecule has 0 N–H and O–H groups in total. The van der Waals surface area contributed by atoms with Crippen LogP contribution in [0.5, 0.6) is 0 Å². The quantitative estimate of drug-likeness (QED) is 0.132. The van der Waals surface area contributed by atoms with Gasteiger partial charge in [0, 0.05) is 39.5 Å². The number of fused-ring (bicyclic) bond motifs is 1. The van der Waals surface area contributed by atoms with Crippen LogP contribution in [0.3, 0.4) is 0 Å². The lowest BCUT2D eigenvalue weighted by atomic mass is 9.97. The summed E-state index contributed by atoms with van der Waals surface area (Å²) in [7, 11) is 0. The maximum Gasteiger partial charge on any atom is 0.100 e. The van der Waals surface area contributed by atoms with Crippen molar-refractivity contribution in [2.45, 2.75) is 13.8 Å². The highest BCUT2D eigenvalue weighted by molar-refractivity contribution is 5.94. The molecule has 0 aliphatic carbocycles. The Labute approximate surface area is 330 Å². The van der Waals surface area contributed by atoms with Crippen molar-refractivity contribution in [1.82, 2.24) is 0 Å². The maximum atomic E-state index is 10.3. The Morgan fingerprint density at radius 3 is 1.25 bits per heavy atom. The van der Waals surface area contributed by atoms with Crippen molar-refractivity contribution in [1.29, 1.82) is 5.26 Å². The van der Waals surface area contributed by atoms with Crippen molar-refractivity contribution in [3.05, 3.63) is 227 Å². The summed E-state index contributed by atoms with van der Waals surface area (Å²) in [5.74, 6) is 0. The molecule has 3 nitrogen and oxygen atoms in total. The fourth-order valence-electron chi connectivity index (χ4n) is 7.02. The summed E-state index contributed by atoms with van der Waals surface area (Å²) >= 11 is 0. The third kappa shape index (κ3) is 7.92. The van der Waals surface area contributed by atoms with Gasteiger partial charge < -0.3 is 9.80 Å². The van der Waals surface area contributed by atoms with Crippen LogP contribution in [0.2, 0.25) is 0 Å². The molecule has 0 bridgehead atoms. The molecule has 0 unspecified atom stereocenters. The Hall–Kier alpha value is -7.41. The monoisotopic (exact) mass is 719 g/mol. The third-order valence-electron chi connectivity index (χ3n) is 10.0. The predicted octanol–water partition coefficient (Wildman–Crippen LogP) is 14.6. The molecule has 8 rings (SSSR count). The summed E-state index contributed by atoms with van der Waals surface area (Å²) in [6.45, 7) is 4.22. The van der Waals surface area contributed by atoms with Gasteiger partial charge in [-0.15, -0.1) is 0 Å². The lowest BCUT2D eigenvalue weighted by Gasteiger charge is -2.25. The highest BCUT2D eigenvalue weighted by atomic mass is 15.1. The van der Waals surface area contributed by atoms with Crippen LogP contribution in [0, 0.1) is 25.2 Å². The molecule has 0 amide bonds. The van der Waals surface area contributed by atoms with Crippen molar-refractivity contribution in [3.63, 3.8) is 0 Å². The van der Waals surface area contributed by atoms with Crippen molar-refractivity contribution >= 4 is 69.2 Å². The van der Waals surface area contributed by atoms with E-state index in [1.165, 1.54) is 11.1 Å². The van der Waals surface area contributed by atoms with E-state index in [1.807, 2.05) is 24.3 Å². The van der Waals surface area contributed by atoms with Crippen LogP contribution < -0.4 is 9.80 Å². The molecule has 0 saturated carbocycles. The first-order valence-electron chi connectivity index (χ1n) is 18.9. The standard InChI is InChI=1S/C53H41N3/c1-39-13-28-48(29-14-39)55(46-9-5-3-6-10-46)50-32-20-41(21-33-50)17-18-43-24-36-52-45(37-43)27-26-44(53(52)38-54)25-19-42-22-34-51(35-23-42)56(47-11-7-4-8-12-47)49-30-15-40(2)16-31-49/h3-37H,1-2H3. The summed E-state index contributed by atoms with van der Waals surface area (Å²) in [6.07, 6.45) is 8.38. The Morgan fingerprint density at radius 2 is 0.786 bits per heavy atom. The number of anilines is 6. The van der Waals surface area contributed by atoms with Gasteiger partial charge in [-0.1, -0.05) is 145 Å². The molecule has 0 radical (unpaired) electrons. The molecular weight excluding hydrogens is 679 g/mol. The van der Waals surface area contributed by atoms with Crippen LogP contribution in [0.25, 0.3) is 35.1 Å². The highest BCUT2D eigenvalue weighted by Gasteiger charge is 2.13. The fraction of sp³-hybridized carbons (Fsp3) is 0.0377. The van der Waals surface area contributed by atoms with Crippen LogP contribution in [0.1, 0.15) is 38.9 Å². The van der Waals surface area contributed by atoms with E-state index < -0.39 is 0 Å². The average molecular weight is 720 g/mol. The topological polar surface area (TPSA) is 30.3 Å². The third-order valence-corrected chi connectivity index (χ3v) is 10.0. The van der Waals surface area contributed by atoms with Gasteiger partial charge in [0.1, 0.15) is 6.07 Å². The summed E-state index contributed by atoms with van der Waals surface area (Å²) in [4.78, 5) is 4.53. The Bertz CT molecular complexity index is 2670. The first kappa shape index (κ1) is 35.6. The van der Waals surface area contributed by atoms with Gasteiger partial charge in [-0.2, -0.15) is 5.26 Å². The largest absolute Gasteiger partial charge is 0.311 e. The molecule has 0 spiro atoms. The average Bonchev–Trinajstić information content (AvgIpc) is 3.25. The van der Waals surface area contributed by atoms with Gasteiger partial charge in [0.05, 0.1) is 5.56 Å². The minimum absolute atomic E-state index is 0.674. The highest BCUT2D eigenvalue weighted by Crippen LogP contribution is 2.36. The molecule has 0 aliphatic rings. The molecule has 0 fully saturated rings. The molecule has 0 atom stereocenters. The van der Waals surface area contributed by atoms with Crippen LogP contribution in [0.4, 0.5) is 34.1 Å². The number of rotatable bonds is 10. The van der Waals surface area contributed by atoms with Gasteiger partial charge in [0.2, 0.25) is 0 Å². The first-order valence-corrected chi connectivity index (χ1v) is 18.9. The number of aryl methyl sites for hydroxylation is 2. The van der Waals surface area contributed by atoms with Gasteiger partial charge in [0.15, 0.2) is 0 Å². The number of nitrogens with zero attached hydrogens (tertiary/aromatic N) is 3. The second-order valence-electron chi connectivity index (χ2n) is 14.0. The molecule has 8 aromatic carbocycles. The number of nitriles is 1. The molecular formula is C53H41N3. The molecule has 56 heavy (non-hydrogen) atoms. The fourth-order valence-corrected chi connectivity index (χ4v) is 7.02. The van der Waals surface area contributed by atoms with E-state index in [1.54, 1.807) is 0 Å². The Kier molecular flexibility index (Phi) is 10.4. The van der Waals surface area contributed by atoms with Crippen LogP contribution in [-0.2, 0) is 0 Å². The minimum Gasteiger partial charge on any atom is -0.311 e. The Balaban J connectivity index is 0.993. The molecule has 268 valence electrons. The molecule has 0 aromatic heterocycles. The molecule has 3 heteroatoms. The molecule has 0 heterocycles. The van der Waals surface area contributed by atoms with Crippen LogP contribution in [-0.4, -0.2) is 0 Å². The molecule has 0 aliphatic heterocycles. The number of hydrogen-bond donors (Lipinski definition) is 0. The second kappa shape index (κ2) is 16.3. The zero-order valence-electron chi connectivity index (χ0n) is 31.5. The van der Waals surface area contributed by atoms with Gasteiger partial charge in [-0.05, 0) is 120 Å². The zero-order valence-corrected chi connectivity index (χ0v) is 31.5. The zero-order chi connectivity index (χ0) is 38.3. The van der Waals surface area contributed by atoms with Crippen molar-refractivity contribution in [2.75, 3.05) is 9.80 Å². The van der Waals surface area contributed by atoms with E-state index in [4.69, 9.17) is 0 Å². The van der Waals surface area contributed by atoms with Crippen LogP contribution in [0.15, 0.2) is 188 Å². The van der Waals surface area contributed by atoms with Crippen molar-refractivity contribution in [3.8, 4) is 6.07 Å². The summed E-state index contributed by atoms with van der Waals surface area (Å²) in [5, 5.41) is 12.3. The summed E-state index contributed by atoms with van der Waals surface area (Å²) in [5.41, 5.74) is 13.9. The summed E-state index contributed by atoms with van der Waals surface area (Å²) < 4.78 is 0. The lowest BCUT2D eigenvalue weighted by molar-refractivity contribution is 1.27. The smallest absolute Gasteiger partial charge is 0.100 e. The van der Waals surface area contributed by atoms with Crippen molar-refractivity contribution in [2.24, 2.45) is 0 Å². The van der Waals surface area contributed by atoms with E-state index in [2.05, 4.69) is 218 Å². The molecule has 0 saturated heterocycles. The normalized spacial score (nSPS) is 11.2. The number of benzene rings is 8. The minimum atomic E-state index is 0.674. The van der Waals surface area contributed by atoms with E-state index in [0.717, 1.165) is 67.2 Å². The van der Waals surface area contributed by atoms with Gasteiger partial charge in [0.25, 0.3) is 0 Å². The van der Waals surface area contributed by atoms with E-state index in [0.29, 0.717) is 5.56 Å². The predicted molar refractivity (Wildman–Crippen MR) is 238 cm³/mol. The lowest BCUT2D eigenvalue weighted by Crippen LogP contribution is -2.09. The summed E-state index contributed by atoms with van der Waals surface area (Å²) in [6, 6.07) is 68.2. The number of hydrogen-bond acceptors (Lipinski definition) is 3. The van der Waals surface area contributed by atoms with Gasteiger partial charge >= 0.3 is 0 Å². The first-order chi connectivity index (χ1) is 27.5. The van der Waals surface area contributed by atoms with Gasteiger partial charge in [-0.25, -0.2) is 0 Å². The van der Waals surface area contributed by atoms with Gasteiger partial charge in [-0.3, -0.25) is 0 Å². The van der Waals surface area contributed by atoms with E-state index in [9.17, 15) is 5.26 Å². The second-order valence-corrected chi connectivity index (χ2v) is 14.0. The Morgan fingerprint density at radius 1 is 0.393 bits per heavy atom. The number of para-hydroxylation sites is 2. The van der Waals surface area contributed by atoms with E-state index in [-0.39, 0.29) is 0 Å². The molecule has 8 aromatic rings. The SMILES string of the molecule is Cc1ccc(N(c2ccccc2)c2ccc(C=Cc3ccc4c(C#N)c(C=Cc5ccc(N(c6ccccc6)c6ccc(C)cc6)cc5)ccc4c3)cc2)cc1.